The average Bonchev–Trinajstić information content (AvgIpc) is 2.95. The first kappa shape index (κ1) is 10.6. The topological polar surface area (TPSA) is 30.5 Å². The zero-order valence-corrected chi connectivity index (χ0v) is 9.56. The second-order valence-electron chi connectivity index (χ2n) is 4.36. The van der Waals surface area contributed by atoms with E-state index in [2.05, 4.69) is 17.3 Å². The predicted molar refractivity (Wildman–Crippen MR) is 64.3 cm³/mol. The number of hydrogen-bond acceptors (Lipinski definition) is 3. The van der Waals surface area contributed by atoms with Gasteiger partial charge in [-0.05, 0) is 24.5 Å². The largest absolute Gasteiger partial charge is 0.373 e. The van der Waals surface area contributed by atoms with Gasteiger partial charge in [-0.15, -0.1) is 0 Å². The summed E-state index contributed by atoms with van der Waals surface area (Å²) in [4.78, 5) is 0. The van der Waals surface area contributed by atoms with E-state index < -0.39 is 0 Å². The van der Waals surface area contributed by atoms with Crippen molar-refractivity contribution in [2.45, 2.75) is 24.7 Å². The molecule has 17 heavy (non-hydrogen) atoms. The Balaban J connectivity index is 1.60. The third-order valence-electron chi connectivity index (χ3n) is 3.20. The molecule has 3 rings (SSSR count). The van der Waals surface area contributed by atoms with Crippen molar-refractivity contribution in [2.24, 2.45) is 0 Å². The van der Waals surface area contributed by atoms with Crippen LogP contribution in [0, 0.1) is 12.0 Å². The van der Waals surface area contributed by atoms with Crippen LogP contribution in [0.2, 0.25) is 0 Å². The van der Waals surface area contributed by atoms with Gasteiger partial charge >= 0.3 is 0 Å². The first-order chi connectivity index (χ1) is 8.43. The van der Waals surface area contributed by atoms with Gasteiger partial charge in [0.2, 0.25) is 0 Å². The van der Waals surface area contributed by atoms with Crippen LogP contribution in [0.4, 0.5) is 0 Å². The number of hydrogen-bond donors (Lipinski definition) is 1. The summed E-state index contributed by atoms with van der Waals surface area (Å²) in [5.41, 5.74) is 1.02. The van der Waals surface area contributed by atoms with Gasteiger partial charge in [-0.25, -0.2) is 0 Å². The molecule has 0 aliphatic carbocycles. The molecule has 0 saturated carbocycles. The molecule has 0 amide bonds. The first-order valence-corrected chi connectivity index (χ1v) is 5.98. The summed E-state index contributed by atoms with van der Waals surface area (Å²) in [7, 11) is 0. The Hall–Kier alpha value is -1.50. The zero-order valence-electron chi connectivity index (χ0n) is 9.56. The summed E-state index contributed by atoms with van der Waals surface area (Å²) >= 11 is 0. The number of fused-ring (bicyclic) bond motifs is 1. The Morgan fingerprint density at radius 3 is 2.94 bits per heavy atom. The maximum absolute atomic E-state index is 5.64. The maximum Gasteiger partial charge on any atom is 0.107 e. The molecule has 0 aromatic heterocycles. The van der Waals surface area contributed by atoms with Crippen LogP contribution in [0.3, 0.4) is 0 Å². The number of ether oxygens (including phenoxy) is 2. The molecule has 88 valence electrons. The lowest BCUT2D eigenvalue weighted by molar-refractivity contribution is 0.0695. The average molecular weight is 229 g/mol. The molecule has 1 aromatic rings. The summed E-state index contributed by atoms with van der Waals surface area (Å²) in [6.45, 7) is 1.50. The van der Waals surface area contributed by atoms with Crippen molar-refractivity contribution >= 4 is 0 Å². The van der Waals surface area contributed by atoms with E-state index in [1.54, 1.807) is 0 Å². The maximum atomic E-state index is 5.64. The summed E-state index contributed by atoms with van der Waals surface area (Å²) < 4.78 is 11.3. The summed E-state index contributed by atoms with van der Waals surface area (Å²) in [5.74, 6) is 3.08. The van der Waals surface area contributed by atoms with E-state index in [9.17, 15) is 0 Å². The van der Waals surface area contributed by atoms with E-state index in [-0.39, 0.29) is 18.2 Å². The van der Waals surface area contributed by atoms with Gasteiger partial charge < -0.3 is 14.8 Å². The first-order valence-electron chi connectivity index (χ1n) is 5.98. The minimum Gasteiger partial charge on any atom is -0.373 e. The monoisotopic (exact) mass is 229 g/mol. The highest BCUT2D eigenvalue weighted by molar-refractivity contribution is 5.33. The molecule has 2 fully saturated rings. The molecule has 1 aromatic carbocycles. The van der Waals surface area contributed by atoms with Crippen LogP contribution in [-0.2, 0) is 9.47 Å². The molecule has 0 spiro atoms. The third kappa shape index (κ3) is 2.28. The minimum absolute atomic E-state index is 0.181. The quantitative estimate of drug-likeness (QED) is 0.578. The van der Waals surface area contributed by atoms with Crippen LogP contribution in [0.5, 0.6) is 0 Å². The van der Waals surface area contributed by atoms with Crippen molar-refractivity contribution in [1.29, 1.82) is 0 Å². The molecule has 0 radical (unpaired) electrons. The van der Waals surface area contributed by atoms with Crippen LogP contribution >= 0.6 is 0 Å². The molecule has 3 unspecified atom stereocenters. The SMILES string of the molecule is C(#Cc1ccccc1)NC1COC2CCOC12. The Kier molecular flexibility index (Phi) is 3.00. The molecule has 1 N–H and O–H groups in total. The summed E-state index contributed by atoms with van der Waals surface area (Å²) in [6.07, 6.45) is 1.46. The van der Waals surface area contributed by atoms with E-state index in [0.29, 0.717) is 6.61 Å². The molecular weight excluding hydrogens is 214 g/mol. The van der Waals surface area contributed by atoms with E-state index >= 15 is 0 Å². The van der Waals surface area contributed by atoms with Crippen LogP contribution in [0.15, 0.2) is 30.3 Å². The molecular formula is C14H15NO2. The molecule has 3 heteroatoms. The lowest BCUT2D eigenvalue weighted by Crippen LogP contribution is -2.37. The van der Waals surface area contributed by atoms with E-state index in [1.165, 1.54) is 0 Å². The van der Waals surface area contributed by atoms with Crippen molar-refractivity contribution in [2.75, 3.05) is 13.2 Å². The van der Waals surface area contributed by atoms with Gasteiger partial charge in [0, 0.05) is 18.2 Å². The van der Waals surface area contributed by atoms with Crippen molar-refractivity contribution in [3.05, 3.63) is 35.9 Å². The third-order valence-corrected chi connectivity index (χ3v) is 3.20. The van der Waals surface area contributed by atoms with E-state index in [1.807, 2.05) is 30.3 Å². The van der Waals surface area contributed by atoms with Crippen LogP contribution in [0.1, 0.15) is 12.0 Å². The standard InChI is InChI=1S/C14H15NO2/c1-2-4-11(5-3-1)6-8-15-12-10-17-13-7-9-16-14(12)13/h1-5,12-15H,7,9-10H2. The molecule has 0 bridgehead atoms. The molecule has 2 aliphatic heterocycles. The van der Waals surface area contributed by atoms with Gasteiger partial charge in [-0.3, -0.25) is 0 Å². The van der Waals surface area contributed by atoms with Crippen molar-refractivity contribution in [3.63, 3.8) is 0 Å². The van der Waals surface area contributed by atoms with Gasteiger partial charge in [0.05, 0.1) is 18.8 Å². The number of benzene rings is 1. The van der Waals surface area contributed by atoms with Crippen molar-refractivity contribution in [3.8, 4) is 12.0 Å². The molecule has 2 saturated heterocycles. The minimum atomic E-state index is 0.181. The van der Waals surface area contributed by atoms with Crippen LogP contribution in [0.25, 0.3) is 0 Å². The van der Waals surface area contributed by atoms with Crippen LogP contribution < -0.4 is 5.32 Å². The second kappa shape index (κ2) is 4.79. The highest BCUT2D eigenvalue weighted by Gasteiger charge is 2.41. The Labute approximate surface area is 101 Å². The summed E-state index contributed by atoms with van der Waals surface area (Å²) in [5, 5.41) is 3.19. The lowest BCUT2D eigenvalue weighted by Gasteiger charge is -2.14. The van der Waals surface area contributed by atoms with Gasteiger partial charge in [0.15, 0.2) is 0 Å². The Bertz CT molecular complexity index is 435. The fourth-order valence-corrected chi connectivity index (χ4v) is 2.31. The summed E-state index contributed by atoms with van der Waals surface area (Å²) in [6, 6.07) is 13.1. The van der Waals surface area contributed by atoms with Gasteiger partial charge in [0.25, 0.3) is 0 Å². The number of nitrogens with one attached hydrogen (secondary N) is 1. The van der Waals surface area contributed by atoms with Crippen LogP contribution in [-0.4, -0.2) is 31.5 Å². The predicted octanol–water partition coefficient (Wildman–Crippen LogP) is 1.14. The lowest BCUT2D eigenvalue weighted by atomic mass is 10.1. The highest BCUT2D eigenvalue weighted by Crippen LogP contribution is 2.26. The molecule has 3 atom stereocenters. The van der Waals surface area contributed by atoms with Crippen molar-refractivity contribution < 1.29 is 9.47 Å². The second-order valence-corrected chi connectivity index (χ2v) is 4.36. The van der Waals surface area contributed by atoms with E-state index in [0.717, 1.165) is 18.6 Å². The molecule has 2 aliphatic rings. The van der Waals surface area contributed by atoms with Gasteiger partial charge in [0.1, 0.15) is 6.10 Å². The normalized spacial score (nSPS) is 30.5. The zero-order chi connectivity index (χ0) is 11.5. The van der Waals surface area contributed by atoms with Gasteiger partial charge in [-0.1, -0.05) is 18.2 Å². The fourth-order valence-electron chi connectivity index (χ4n) is 2.31. The molecule has 3 nitrogen and oxygen atoms in total. The number of rotatable bonds is 1. The van der Waals surface area contributed by atoms with Gasteiger partial charge in [-0.2, -0.15) is 0 Å². The Morgan fingerprint density at radius 2 is 2.06 bits per heavy atom. The fraction of sp³-hybridized carbons (Fsp3) is 0.429. The molecule has 2 heterocycles. The van der Waals surface area contributed by atoms with Crippen molar-refractivity contribution in [1.82, 2.24) is 5.32 Å². The van der Waals surface area contributed by atoms with E-state index in [4.69, 9.17) is 9.47 Å². The smallest absolute Gasteiger partial charge is 0.107 e. The highest BCUT2D eigenvalue weighted by atomic mass is 16.6. The Morgan fingerprint density at radius 1 is 1.18 bits per heavy atom.